The van der Waals surface area contributed by atoms with Gasteiger partial charge in [0, 0.05) is 12.0 Å². The Bertz CT molecular complexity index is 272. The monoisotopic (exact) mass is 196 g/mol. The molecule has 1 N–H and O–H groups in total. The molecule has 14 heavy (non-hydrogen) atoms. The molecule has 1 atom stereocenters. The molecular formula is C11H16O3. The zero-order valence-electron chi connectivity index (χ0n) is 8.78. The second kappa shape index (κ2) is 4.86. The fourth-order valence-electron chi connectivity index (χ4n) is 1.42. The van der Waals surface area contributed by atoms with Crippen molar-refractivity contribution in [2.45, 2.75) is 19.4 Å². The molecule has 0 bridgehead atoms. The maximum atomic E-state index is 9.33. The van der Waals surface area contributed by atoms with Gasteiger partial charge in [-0.2, -0.15) is 0 Å². The Balaban J connectivity index is 3.05. The highest BCUT2D eigenvalue weighted by atomic mass is 16.5. The van der Waals surface area contributed by atoms with Crippen LogP contribution in [-0.2, 0) is 6.42 Å². The first kappa shape index (κ1) is 10.9. The maximum absolute atomic E-state index is 9.33. The Labute approximate surface area is 84.3 Å². The van der Waals surface area contributed by atoms with Gasteiger partial charge < -0.3 is 14.6 Å². The van der Waals surface area contributed by atoms with Crippen LogP contribution in [0.2, 0.25) is 0 Å². The van der Waals surface area contributed by atoms with E-state index in [0.29, 0.717) is 6.42 Å². The van der Waals surface area contributed by atoms with Gasteiger partial charge in [0.25, 0.3) is 0 Å². The number of hydrogen-bond acceptors (Lipinski definition) is 3. The number of rotatable bonds is 4. The summed E-state index contributed by atoms with van der Waals surface area (Å²) in [6.07, 6.45) is 0.132. The smallest absolute Gasteiger partial charge is 0.125 e. The van der Waals surface area contributed by atoms with Crippen LogP contribution in [0.4, 0.5) is 0 Å². The SMILES string of the molecule is COc1cccc(OC)c1C[C@@H](C)O. The highest BCUT2D eigenvalue weighted by Crippen LogP contribution is 2.29. The number of hydrogen-bond donors (Lipinski definition) is 1. The van der Waals surface area contributed by atoms with E-state index >= 15 is 0 Å². The lowest BCUT2D eigenvalue weighted by Crippen LogP contribution is -2.07. The Hall–Kier alpha value is -1.22. The first-order chi connectivity index (χ1) is 6.69. The summed E-state index contributed by atoms with van der Waals surface area (Å²) in [5.74, 6) is 1.51. The van der Waals surface area contributed by atoms with Crippen molar-refractivity contribution in [1.29, 1.82) is 0 Å². The van der Waals surface area contributed by atoms with Crippen molar-refractivity contribution in [2.24, 2.45) is 0 Å². The molecule has 0 saturated carbocycles. The second-order valence-corrected chi connectivity index (χ2v) is 3.19. The van der Waals surface area contributed by atoms with Crippen LogP contribution in [0.3, 0.4) is 0 Å². The molecule has 0 aliphatic heterocycles. The molecule has 0 radical (unpaired) electrons. The van der Waals surface area contributed by atoms with Gasteiger partial charge in [-0.05, 0) is 19.1 Å². The second-order valence-electron chi connectivity index (χ2n) is 3.19. The molecule has 1 aromatic carbocycles. The van der Waals surface area contributed by atoms with Gasteiger partial charge in [0.2, 0.25) is 0 Å². The van der Waals surface area contributed by atoms with Crippen LogP contribution in [0, 0.1) is 0 Å². The van der Waals surface area contributed by atoms with E-state index in [1.807, 2.05) is 18.2 Å². The minimum atomic E-state index is -0.403. The maximum Gasteiger partial charge on any atom is 0.125 e. The fraction of sp³-hybridized carbons (Fsp3) is 0.455. The number of ether oxygens (including phenoxy) is 2. The van der Waals surface area contributed by atoms with E-state index in [-0.39, 0.29) is 0 Å². The van der Waals surface area contributed by atoms with Gasteiger partial charge in [-0.3, -0.25) is 0 Å². The third kappa shape index (κ3) is 2.39. The molecule has 0 aromatic heterocycles. The summed E-state index contributed by atoms with van der Waals surface area (Å²) in [6, 6.07) is 5.59. The molecule has 0 aliphatic rings. The molecule has 0 heterocycles. The van der Waals surface area contributed by atoms with Crippen molar-refractivity contribution in [3.05, 3.63) is 23.8 Å². The third-order valence-electron chi connectivity index (χ3n) is 2.03. The van der Waals surface area contributed by atoms with Crippen LogP contribution in [0.1, 0.15) is 12.5 Å². The molecule has 78 valence electrons. The van der Waals surface area contributed by atoms with E-state index < -0.39 is 6.10 Å². The van der Waals surface area contributed by atoms with Crippen molar-refractivity contribution in [2.75, 3.05) is 14.2 Å². The van der Waals surface area contributed by atoms with E-state index in [0.717, 1.165) is 17.1 Å². The van der Waals surface area contributed by atoms with Crippen molar-refractivity contribution in [3.63, 3.8) is 0 Å². The van der Waals surface area contributed by atoms with Gasteiger partial charge in [0.1, 0.15) is 11.5 Å². The lowest BCUT2D eigenvalue weighted by Gasteiger charge is -2.13. The zero-order valence-corrected chi connectivity index (χ0v) is 8.78. The van der Waals surface area contributed by atoms with Crippen LogP contribution in [-0.4, -0.2) is 25.4 Å². The third-order valence-corrected chi connectivity index (χ3v) is 2.03. The molecule has 0 saturated heterocycles. The quantitative estimate of drug-likeness (QED) is 0.795. The standard InChI is InChI=1S/C11H16O3/c1-8(12)7-9-10(13-2)5-4-6-11(9)14-3/h4-6,8,12H,7H2,1-3H3/t8-/m1/s1. The predicted molar refractivity (Wildman–Crippen MR) is 54.9 cm³/mol. The van der Waals surface area contributed by atoms with Gasteiger partial charge in [0.15, 0.2) is 0 Å². The predicted octanol–water partition coefficient (Wildman–Crippen LogP) is 1.63. The minimum Gasteiger partial charge on any atom is -0.496 e. The van der Waals surface area contributed by atoms with Crippen molar-refractivity contribution >= 4 is 0 Å². The highest BCUT2D eigenvalue weighted by molar-refractivity contribution is 5.45. The lowest BCUT2D eigenvalue weighted by atomic mass is 10.1. The van der Waals surface area contributed by atoms with Gasteiger partial charge in [-0.25, -0.2) is 0 Å². The minimum absolute atomic E-state index is 0.403. The largest absolute Gasteiger partial charge is 0.496 e. The van der Waals surface area contributed by atoms with Crippen molar-refractivity contribution < 1.29 is 14.6 Å². The Morgan fingerprint density at radius 1 is 1.21 bits per heavy atom. The average Bonchev–Trinajstić information content (AvgIpc) is 2.17. The molecule has 0 amide bonds. The molecule has 0 aliphatic carbocycles. The Kier molecular flexibility index (Phi) is 3.77. The van der Waals surface area contributed by atoms with Crippen LogP contribution in [0.5, 0.6) is 11.5 Å². The molecule has 3 nitrogen and oxygen atoms in total. The Morgan fingerprint density at radius 3 is 2.07 bits per heavy atom. The average molecular weight is 196 g/mol. The first-order valence-corrected chi connectivity index (χ1v) is 4.57. The normalized spacial score (nSPS) is 12.3. The zero-order chi connectivity index (χ0) is 10.6. The van der Waals surface area contributed by atoms with E-state index in [9.17, 15) is 5.11 Å². The number of aliphatic hydroxyl groups is 1. The molecule has 0 unspecified atom stereocenters. The topological polar surface area (TPSA) is 38.7 Å². The molecule has 0 fully saturated rings. The van der Waals surface area contributed by atoms with E-state index in [2.05, 4.69) is 0 Å². The van der Waals surface area contributed by atoms with Crippen LogP contribution < -0.4 is 9.47 Å². The van der Waals surface area contributed by atoms with Gasteiger partial charge in [-0.15, -0.1) is 0 Å². The summed E-state index contributed by atoms with van der Waals surface area (Å²) >= 11 is 0. The molecular weight excluding hydrogens is 180 g/mol. The van der Waals surface area contributed by atoms with Crippen molar-refractivity contribution in [1.82, 2.24) is 0 Å². The summed E-state index contributed by atoms with van der Waals surface area (Å²) in [5, 5.41) is 9.33. The summed E-state index contributed by atoms with van der Waals surface area (Å²) in [6.45, 7) is 1.74. The summed E-state index contributed by atoms with van der Waals surface area (Å²) in [7, 11) is 3.22. The molecule has 1 aromatic rings. The Morgan fingerprint density at radius 2 is 1.71 bits per heavy atom. The van der Waals surface area contributed by atoms with Crippen LogP contribution in [0.15, 0.2) is 18.2 Å². The molecule has 0 spiro atoms. The summed E-state index contributed by atoms with van der Waals surface area (Å²) in [4.78, 5) is 0. The van der Waals surface area contributed by atoms with Crippen LogP contribution >= 0.6 is 0 Å². The number of methoxy groups -OCH3 is 2. The van der Waals surface area contributed by atoms with Crippen LogP contribution in [0.25, 0.3) is 0 Å². The molecule has 3 heteroatoms. The summed E-state index contributed by atoms with van der Waals surface area (Å²) in [5.41, 5.74) is 0.910. The fourth-order valence-corrected chi connectivity index (χ4v) is 1.42. The van der Waals surface area contributed by atoms with E-state index in [4.69, 9.17) is 9.47 Å². The van der Waals surface area contributed by atoms with Gasteiger partial charge >= 0.3 is 0 Å². The highest BCUT2D eigenvalue weighted by Gasteiger charge is 2.11. The summed E-state index contributed by atoms with van der Waals surface area (Å²) < 4.78 is 10.4. The van der Waals surface area contributed by atoms with E-state index in [1.165, 1.54) is 0 Å². The van der Waals surface area contributed by atoms with Crippen molar-refractivity contribution in [3.8, 4) is 11.5 Å². The number of benzene rings is 1. The molecule has 1 rings (SSSR count). The first-order valence-electron chi connectivity index (χ1n) is 4.57. The lowest BCUT2D eigenvalue weighted by molar-refractivity contribution is 0.192. The number of aliphatic hydroxyl groups excluding tert-OH is 1. The van der Waals surface area contributed by atoms with Gasteiger partial charge in [-0.1, -0.05) is 6.07 Å². The van der Waals surface area contributed by atoms with E-state index in [1.54, 1.807) is 21.1 Å². The van der Waals surface area contributed by atoms with Gasteiger partial charge in [0.05, 0.1) is 20.3 Å².